The summed E-state index contributed by atoms with van der Waals surface area (Å²) in [5, 5.41) is 26.1. The zero-order valence-electron chi connectivity index (χ0n) is 18.8. The van der Waals surface area contributed by atoms with Crippen molar-refractivity contribution in [2.45, 2.75) is 78.6 Å². The van der Waals surface area contributed by atoms with E-state index in [1.54, 1.807) is 27.7 Å². The smallest absolute Gasteiger partial charge is 0.326 e. The normalized spacial score (nSPS) is 17.2. The first-order valence-electron chi connectivity index (χ1n) is 10.4. The fraction of sp³-hybridized carbons (Fsp3) is 0.800. The van der Waals surface area contributed by atoms with Crippen LogP contribution in [0.2, 0.25) is 0 Å². The van der Waals surface area contributed by atoms with E-state index < -0.39 is 54.5 Å². The Bertz CT molecular complexity index is 598. The number of rotatable bonds is 13. The number of aliphatic carboxylic acids is 1. The molecule has 0 saturated heterocycles. The Kier molecular flexibility index (Phi) is 12.2. The van der Waals surface area contributed by atoms with Crippen LogP contribution in [0.15, 0.2) is 0 Å². The lowest BCUT2D eigenvalue weighted by Crippen LogP contribution is -2.60. The quantitative estimate of drug-likeness (QED) is 0.231. The molecule has 0 bridgehead atoms. The lowest BCUT2D eigenvalue weighted by atomic mass is 9.94. The first kappa shape index (κ1) is 27.8. The van der Waals surface area contributed by atoms with Gasteiger partial charge in [0.1, 0.15) is 24.2 Å². The predicted octanol–water partition coefficient (Wildman–Crippen LogP) is -0.407. The number of carboxylic acid groups (broad SMARTS) is 1. The van der Waals surface area contributed by atoms with Crippen LogP contribution >= 0.6 is 0 Å². The van der Waals surface area contributed by atoms with Crippen molar-refractivity contribution in [1.82, 2.24) is 16.0 Å². The molecule has 3 amide bonds. The minimum Gasteiger partial charge on any atom is -0.480 e. The molecule has 30 heavy (non-hydrogen) atoms. The maximum absolute atomic E-state index is 12.9. The van der Waals surface area contributed by atoms with Gasteiger partial charge in [0.15, 0.2) is 0 Å². The van der Waals surface area contributed by atoms with Crippen molar-refractivity contribution in [2.24, 2.45) is 23.5 Å². The Labute approximate surface area is 178 Å². The van der Waals surface area contributed by atoms with Gasteiger partial charge in [0, 0.05) is 0 Å². The number of carbonyl (C=O) groups is 4. The minimum atomic E-state index is -1.17. The fourth-order valence-corrected chi connectivity index (χ4v) is 2.75. The largest absolute Gasteiger partial charge is 0.480 e. The first-order valence-corrected chi connectivity index (χ1v) is 10.4. The van der Waals surface area contributed by atoms with Crippen molar-refractivity contribution in [1.29, 1.82) is 0 Å². The molecule has 10 heteroatoms. The van der Waals surface area contributed by atoms with Gasteiger partial charge in [0.2, 0.25) is 17.7 Å². The maximum atomic E-state index is 12.9. The van der Waals surface area contributed by atoms with Crippen LogP contribution in [0, 0.1) is 17.8 Å². The third-order valence-corrected chi connectivity index (χ3v) is 5.35. The van der Waals surface area contributed by atoms with Crippen LogP contribution in [0.5, 0.6) is 0 Å². The van der Waals surface area contributed by atoms with Gasteiger partial charge < -0.3 is 31.9 Å². The van der Waals surface area contributed by atoms with Gasteiger partial charge in [0.05, 0.1) is 6.61 Å². The average Bonchev–Trinajstić information content (AvgIpc) is 2.70. The van der Waals surface area contributed by atoms with E-state index in [-0.39, 0.29) is 17.8 Å². The summed E-state index contributed by atoms with van der Waals surface area (Å²) in [5.41, 5.74) is 5.50. The Morgan fingerprint density at radius 1 is 0.767 bits per heavy atom. The molecule has 0 radical (unpaired) electrons. The number of hydrogen-bond donors (Lipinski definition) is 6. The number of amides is 3. The van der Waals surface area contributed by atoms with Crippen LogP contribution in [-0.4, -0.2) is 64.7 Å². The Balaban J connectivity index is 5.52. The van der Waals surface area contributed by atoms with Gasteiger partial charge in [0.25, 0.3) is 0 Å². The van der Waals surface area contributed by atoms with Crippen molar-refractivity contribution in [3.05, 3.63) is 0 Å². The van der Waals surface area contributed by atoms with Crippen molar-refractivity contribution in [3.63, 3.8) is 0 Å². The molecule has 7 N–H and O–H groups in total. The third-order valence-electron chi connectivity index (χ3n) is 5.35. The molecular weight excluding hydrogens is 392 g/mol. The lowest BCUT2D eigenvalue weighted by molar-refractivity contribution is -0.144. The molecule has 0 aliphatic carbocycles. The summed E-state index contributed by atoms with van der Waals surface area (Å²) in [6.07, 6.45) is 1.12. The highest BCUT2D eigenvalue weighted by molar-refractivity contribution is 5.94. The number of nitrogens with one attached hydrogen (secondary N) is 3. The van der Waals surface area contributed by atoms with E-state index in [4.69, 9.17) is 10.8 Å². The summed E-state index contributed by atoms with van der Waals surface area (Å²) in [6.45, 7) is 10.0. The van der Waals surface area contributed by atoms with E-state index in [0.29, 0.717) is 12.8 Å². The molecule has 10 nitrogen and oxygen atoms in total. The standard InChI is InChI=1S/C20H38N4O6/c1-7-11(5)15(19(28)24-16(20(29)30)12(6)8-2)23-18(27)14(10(3)4)22-17(26)13(21)9-25/h10-16,25H,7-9,21H2,1-6H3,(H,22,26)(H,23,27)(H,24,28)(H,29,30). The molecule has 0 aromatic rings. The molecule has 6 atom stereocenters. The third kappa shape index (κ3) is 8.27. The molecule has 0 aliphatic rings. The Morgan fingerprint density at radius 2 is 1.17 bits per heavy atom. The summed E-state index contributed by atoms with van der Waals surface area (Å²) < 4.78 is 0. The molecule has 0 fully saturated rings. The molecule has 0 aromatic carbocycles. The van der Waals surface area contributed by atoms with Gasteiger partial charge in [-0.2, -0.15) is 0 Å². The number of aliphatic hydroxyl groups is 1. The van der Waals surface area contributed by atoms with Crippen LogP contribution < -0.4 is 21.7 Å². The predicted molar refractivity (Wildman–Crippen MR) is 112 cm³/mol. The molecule has 0 spiro atoms. The average molecular weight is 431 g/mol. The minimum absolute atomic E-state index is 0.274. The summed E-state index contributed by atoms with van der Waals surface area (Å²) in [5.74, 6) is -3.88. The number of carboxylic acids is 1. The Morgan fingerprint density at radius 3 is 1.57 bits per heavy atom. The SMILES string of the molecule is CCC(C)C(NC(=O)C(NC(=O)C(NC(=O)C(N)CO)C(C)C)C(C)CC)C(=O)O. The molecule has 0 aromatic heterocycles. The molecule has 0 saturated carbocycles. The van der Waals surface area contributed by atoms with Gasteiger partial charge in [-0.1, -0.05) is 54.4 Å². The van der Waals surface area contributed by atoms with Crippen LogP contribution in [0.25, 0.3) is 0 Å². The Hall–Kier alpha value is -2.20. The summed E-state index contributed by atoms with van der Waals surface area (Å²) >= 11 is 0. The summed E-state index contributed by atoms with van der Waals surface area (Å²) in [7, 11) is 0. The van der Waals surface area contributed by atoms with Crippen LogP contribution in [0.4, 0.5) is 0 Å². The molecule has 0 rings (SSSR count). The van der Waals surface area contributed by atoms with Crippen LogP contribution in [0.3, 0.4) is 0 Å². The highest BCUT2D eigenvalue weighted by Gasteiger charge is 2.34. The summed E-state index contributed by atoms with van der Waals surface area (Å²) in [6, 6.07) is -4.19. The van der Waals surface area contributed by atoms with E-state index in [1.165, 1.54) is 0 Å². The van der Waals surface area contributed by atoms with E-state index >= 15 is 0 Å². The van der Waals surface area contributed by atoms with E-state index in [0.717, 1.165) is 0 Å². The maximum Gasteiger partial charge on any atom is 0.326 e. The fourth-order valence-electron chi connectivity index (χ4n) is 2.75. The number of hydrogen-bond acceptors (Lipinski definition) is 6. The van der Waals surface area contributed by atoms with E-state index in [1.807, 2.05) is 13.8 Å². The monoisotopic (exact) mass is 430 g/mol. The molecule has 0 heterocycles. The molecule has 0 aliphatic heterocycles. The highest BCUT2D eigenvalue weighted by atomic mass is 16.4. The van der Waals surface area contributed by atoms with Gasteiger partial charge in [-0.25, -0.2) is 4.79 Å². The zero-order valence-corrected chi connectivity index (χ0v) is 18.8. The van der Waals surface area contributed by atoms with E-state index in [9.17, 15) is 24.3 Å². The van der Waals surface area contributed by atoms with Gasteiger partial charge in [-0.15, -0.1) is 0 Å². The second-order valence-corrected chi connectivity index (χ2v) is 8.10. The van der Waals surface area contributed by atoms with Crippen molar-refractivity contribution in [2.75, 3.05) is 6.61 Å². The molecular formula is C20H38N4O6. The van der Waals surface area contributed by atoms with Gasteiger partial charge >= 0.3 is 5.97 Å². The summed E-state index contributed by atoms with van der Waals surface area (Å²) in [4.78, 5) is 49.3. The zero-order chi connectivity index (χ0) is 23.6. The topological polar surface area (TPSA) is 171 Å². The van der Waals surface area contributed by atoms with E-state index in [2.05, 4.69) is 16.0 Å². The highest BCUT2D eigenvalue weighted by Crippen LogP contribution is 2.13. The van der Waals surface area contributed by atoms with Crippen molar-refractivity contribution >= 4 is 23.7 Å². The van der Waals surface area contributed by atoms with Crippen LogP contribution in [-0.2, 0) is 19.2 Å². The molecule has 174 valence electrons. The van der Waals surface area contributed by atoms with Crippen molar-refractivity contribution in [3.8, 4) is 0 Å². The van der Waals surface area contributed by atoms with Gasteiger partial charge in [-0.05, 0) is 17.8 Å². The first-order chi connectivity index (χ1) is 13.9. The van der Waals surface area contributed by atoms with Crippen molar-refractivity contribution < 1.29 is 29.4 Å². The molecule has 6 unspecified atom stereocenters. The number of nitrogens with two attached hydrogens (primary N) is 1. The van der Waals surface area contributed by atoms with Crippen LogP contribution in [0.1, 0.15) is 54.4 Å². The van der Waals surface area contributed by atoms with Gasteiger partial charge in [-0.3, -0.25) is 14.4 Å². The second-order valence-electron chi connectivity index (χ2n) is 8.10. The number of aliphatic hydroxyl groups excluding tert-OH is 1. The number of carbonyl (C=O) groups excluding carboxylic acids is 3. The second kappa shape index (κ2) is 13.2. The lowest BCUT2D eigenvalue weighted by Gasteiger charge is -2.30.